The predicted octanol–water partition coefficient (Wildman–Crippen LogP) is 5.56. The SMILES string of the molecule is COc1ccc(-c2cc(C(=O)N(Cc3cccnc3)Cc3ccco3)sc2C)cc1. The normalized spacial score (nSPS) is 10.7. The first-order valence-corrected chi connectivity index (χ1v) is 10.4. The first-order valence-electron chi connectivity index (χ1n) is 9.59. The fourth-order valence-corrected chi connectivity index (χ4v) is 4.31. The van der Waals surface area contributed by atoms with Crippen molar-refractivity contribution in [3.05, 3.63) is 94.3 Å². The number of pyridine rings is 1. The lowest BCUT2D eigenvalue weighted by Crippen LogP contribution is -2.29. The van der Waals surface area contributed by atoms with Gasteiger partial charge in [-0.3, -0.25) is 9.78 Å². The van der Waals surface area contributed by atoms with Crippen LogP contribution in [0.4, 0.5) is 0 Å². The van der Waals surface area contributed by atoms with Gasteiger partial charge in [0, 0.05) is 23.8 Å². The number of hydrogen-bond donors (Lipinski definition) is 0. The first kappa shape index (κ1) is 19.9. The van der Waals surface area contributed by atoms with Crippen LogP contribution in [0.15, 0.2) is 77.7 Å². The molecule has 152 valence electrons. The molecule has 30 heavy (non-hydrogen) atoms. The smallest absolute Gasteiger partial charge is 0.264 e. The van der Waals surface area contributed by atoms with Gasteiger partial charge in [0.15, 0.2) is 0 Å². The number of amides is 1. The molecule has 0 spiro atoms. The zero-order valence-electron chi connectivity index (χ0n) is 16.9. The summed E-state index contributed by atoms with van der Waals surface area (Å²) in [6, 6.07) is 17.4. The summed E-state index contributed by atoms with van der Waals surface area (Å²) in [5, 5.41) is 0. The van der Waals surface area contributed by atoms with Gasteiger partial charge in [0.05, 0.1) is 24.8 Å². The molecule has 0 aliphatic heterocycles. The number of aromatic nitrogens is 1. The maximum absolute atomic E-state index is 13.4. The number of ether oxygens (including phenoxy) is 1. The van der Waals surface area contributed by atoms with Crippen molar-refractivity contribution in [1.29, 1.82) is 0 Å². The van der Waals surface area contributed by atoms with E-state index in [1.165, 1.54) is 11.3 Å². The van der Waals surface area contributed by atoms with Crippen LogP contribution in [-0.4, -0.2) is 22.9 Å². The third-order valence-electron chi connectivity index (χ3n) is 4.84. The summed E-state index contributed by atoms with van der Waals surface area (Å²) in [5.41, 5.74) is 3.10. The third-order valence-corrected chi connectivity index (χ3v) is 5.88. The Labute approximate surface area is 179 Å². The molecule has 4 aromatic rings. The summed E-state index contributed by atoms with van der Waals surface area (Å²) in [6.45, 7) is 2.90. The molecule has 3 heterocycles. The van der Waals surface area contributed by atoms with Crippen LogP contribution < -0.4 is 4.74 Å². The van der Waals surface area contributed by atoms with Gasteiger partial charge < -0.3 is 14.1 Å². The predicted molar refractivity (Wildman–Crippen MR) is 118 cm³/mol. The zero-order chi connectivity index (χ0) is 20.9. The van der Waals surface area contributed by atoms with E-state index in [0.717, 1.165) is 33.1 Å². The molecule has 0 N–H and O–H groups in total. The molecule has 3 aromatic heterocycles. The van der Waals surface area contributed by atoms with Gasteiger partial charge in [0.2, 0.25) is 0 Å². The van der Waals surface area contributed by atoms with E-state index in [-0.39, 0.29) is 5.91 Å². The molecule has 0 unspecified atom stereocenters. The Balaban J connectivity index is 1.61. The Morgan fingerprint density at radius 1 is 1.13 bits per heavy atom. The van der Waals surface area contributed by atoms with E-state index in [2.05, 4.69) is 4.98 Å². The molecule has 4 rings (SSSR count). The number of hydrogen-bond acceptors (Lipinski definition) is 5. The molecule has 1 amide bonds. The molecule has 0 saturated carbocycles. The summed E-state index contributed by atoms with van der Waals surface area (Å²) < 4.78 is 10.7. The highest BCUT2D eigenvalue weighted by molar-refractivity contribution is 7.14. The Morgan fingerprint density at radius 3 is 2.63 bits per heavy atom. The van der Waals surface area contributed by atoms with Crippen molar-refractivity contribution in [1.82, 2.24) is 9.88 Å². The van der Waals surface area contributed by atoms with Crippen molar-refractivity contribution in [2.45, 2.75) is 20.0 Å². The molecular formula is C24H22N2O3S. The summed E-state index contributed by atoms with van der Waals surface area (Å²) >= 11 is 1.51. The molecule has 0 fully saturated rings. The highest BCUT2D eigenvalue weighted by Gasteiger charge is 2.21. The summed E-state index contributed by atoms with van der Waals surface area (Å²) in [5.74, 6) is 1.53. The Kier molecular flexibility index (Phi) is 5.95. The number of carbonyl (C=O) groups is 1. The van der Waals surface area contributed by atoms with E-state index in [0.29, 0.717) is 18.0 Å². The third kappa shape index (κ3) is 4.44. The number of thiophene rings is 1. The second-order valence-corrected chi connectivity index (χ2v) is 8.17. The van der Waals surface area contributed by atoms with Gasteiger partial charge in [-0.2, -0.15) is 0 Å². The number of nitrogens with zero attached hydrogens (tertiary/aromatic N) is 2. The molecule has 1 aromatic carbocycles. The van der Waals surface area contributed by atoms with Gasteiger partial charge in [0.25, 0.3) is 5.91 Å². The molecule has 0 radical (unpaired) electrons. The van der Waals surface area contributed by atoms with Crippen LogP contribution in [-0.2, 0) is 13.1 Å². The minimum absolute atomic E-state index is 0.0249. The zero-order valence-corrected chi connectivity index (χ0v) is 17.7. The van der Waals surface area contributed by atoms with Crippen molar-refractivity contribution in [3.8, 4) is 16.9 Å². The number of aryl methyl sites for hydroxylation is 1. The minimum atomic E-state index is -0.0249. The number of rotatable bonds is 7. The second kappa shape index (κ2) is 8.97. The second-order valence-electron chi connectivity index (χ2n) is 6.91. The maximum Gasteiger partial charge on any atom is 0.264 e. The fourth-order valence-electron chi connectivity index (χ4n) is 3.30. The number of methoxy groups -OCH3 is 1. The average molecular weight is 419 g/mol. The van der Waals surface area contributed by atoms with Crippen LogP contribution in [0.5, 0.6) is 5.75 Å². The number of furan rings is 1. The standard InChI is InChI=1S/C24H22N2O3S/c1-17-22(19-7-9-20(28-2)10-8-19)13-23(30-17)24(27)26(16-21-6-4-12-29-21)15-18-5-3-11-25-14-18/h3-14H,15-16H2,1-2H3. The van der Waals surface area contributed by atoms with Gasteiger partial charge >= 0.3 is 0 Å². The minimum Gasteiger partial charge on any atom is -0.497 e. The van der Waals surface area contributed by atoms with E-state index in [9.17, 15) is 4.79 Å². The summed E-state index contributed by atoms with van der Waals surface area (Å²) in [6.07, 6.45) is 5.13. The van der Waals surface area contributed by atoms with Crippen molar-refractivity contribution < 1.29 is 13.9 Å². The van der Waals surface area contributed by atoms with Gasteiger partial charge in [-0.15, -0.1) is 11.3 Å². The van der Waals surface area contributed by atoms with Gasteiger partial charge in [-0.1, -0.05) is 18.2 Å². The van der Waals surface area contributed by atoms with Crippen molar-refractivity contribution in [3.63, 3.8) is 0 Å². The number of benzene rings is 1. The van der Waals surface area contributed by atoms with Crippen LogP contribution in [0.3, 0.4) is 0 Å². The van der Waals surface area contributed by atoms with Crippen LogP contribution in [0.25, 0.3) is 11.1 Å². The molecule has 0 saturated heterocycles. The van der Waals surface area contributed by atoms with E-state index < -0.39 is 0 Å². The van der Waals surface area contributed by atoms with E-state index in [4.69, 9.17) is 9.15 Å². The van der Waals surface area contributed by atoms with E-state index in [1.807, 2.05) is 61.5 Å². The lowest BCUT2D eigenvalue weighted by Gasteiger charge is -2.21. The summed E-state index contributed by atoms with van der Waals surface area (Å²) in [7, 11) is 1.65. The van der Waals surface area contributed by atoms with Crippen LogP contribution in [0, 0.1) is 6.92 Å². The van der Waals surface area contributed by atoms with Crippen LogP contribution >= 0.6 is 11.3 Å². The van der Waals surface area contributed by atoms with Crippen molar-refractivity contribution >= 4 is 17.2 Å². The van der Waals surface area contributed by atoms with Crippen LogP contribution in [0.1, 0.15) is 25.9 Å². The summed E-state index contributed by atoms with van der Waals surface area (Å²) in [4.78, 5) is 21.2. The molecule has 0 aliphatic rings. The number of carbonyl (C=O) groups excluding carboxylic acids is 1. The monoisotopic (exact) mass is 418 g/mol. The molecule has 6 heteroatoms. The van der Waals surface area contributed by atoms with Crippen molar-refractivity contribution in [2.24, 2.45) is 0 Å². The largest absolute Gasteiger partial charge is 0.497 e. The topological polar surface area (TPSA) is 55.6 Å². The van der Waals surface area contributed by atoms with Gasteiger partial charge in [0.1, 0.15) is 11.5 Å². The van der Waals surface area contributed by atoms with Crippen LogP contribution in [0.2, 0.25) is 0 Å². The lowest BCUT2D eigenvalue weighted by molar-refractivity contribution is 0.0722. The molecule has 0 aliphatic carbocycles. The fraction of sp³-hybridized carbons (Fsp3) is 0.167. The molecule has 0 bridgehead atoms. The molecule has 0 atom stereocenters. The Hall–Kier alpha value is -3.38. The first-order chi connectivity index (χ1) is 14.6. The van der Waals surface area contributed by atoms with Gasteiger partial charge in [-0.05, 0) is 60.0 Å². The van der Waals surface area contributed by atoms with Crippen molar-refractivity contribution in [2.75, 3.05) is 7.11 Å². The highest BCUT2D eigenvalue weighted by Crippen LogP contribution is 2.33. The van der Waals surface area contributed by atoms with E-state index in [1.54, 1.807) is 30.7 Å². The Morgan fingerprint density at radius 2 is 1.97 bits per heavy atom. The average Bonchev–Trinajstić information content (AvgIpc) is 3.43. The quantitative estimate of drug-likeness (QED) is 0.394. The lowest BCUT2D eigenvalue weighted by atomic mass is 10.1. The molecular weight excluding hydrogens is 396 g/mol. The maximum atomic E-state index is 13.4. The Bertz CT molecular complexity index is 1100. The highest BCUT2D eigenvalue weighted by atomic mass is 32.1. The van der Waals surface area contributed by atoms with E-state index >= 15 is 0 Å². The molecule has 5 nitrogen and oxygen atoms in total. The van der Waals surface area contributed by atoms with Gasteiger partial charge in [-0.25, -0.2) is 0 Å².